The molecule has 0 fully saturated rings. The van der Waals surface area contributed by atoms with E-state index >= 15 is 0 Å². The molecule has 1 aromatic carbocycles. The number of hydrogen-bond acceptors (Lipinski definition) is 2. The number of amides is 1. The fourth-order valence-corrected chi connectivity index (χ4v) is 2.16. The van der Waals surface area contributed by atoms with E-state index in [9.17, 15) is 9.18 Å². The van der Waals surface area contributed by atoms with E-state index in [0.717, 1.165) is 12.0 Å². The van der Waals surface area contributed by atoms with Gasteiger partial charge in [0.05, 0.1) is 0 Å². The molecule has 1 amide bonds. The Morgan fingerprint density at radius 3 is 2.75 bits per heavy atom. The van der Waals surface area contributed by atoms with Crippen LogP contribution in [0.1, 0.15) is 18.4 Å². The molecule has 4 heteroatoms. The minimum absolute atomic E-state index is 0.0128. The van der Waals surface area contributed by atoms with Crippen molar-refractivity contribution in [2.75, 3.05) is 6.61 Å². The predicted molar refractivity (Wildman–Crippen MR) is 76.3 cm³/mol. The van der Waals surface area contributed by atoms with E-state index in [0.29, 0.717) is 0 Å². The van der Waals surface area contributed by atoms with Crippen LogP contribution >= 0.6 is 0 Å². The molecule has 3 nitrogen and oxygen atoms in total. The molecular formula is C16H18FNO2. The molecule has 20 heavy (non-hydrogen) atoms. The lowest BCUT2D eigenvalue weighted by molar-refractivity contribution is -0.120. The first-order valence-corrected chi connectivity index (χ1v) is 6.68. The van der Waals surface area contributed by atoms with Gasteiger partial charge in [-0.2, -0.15) is 0 Å². The Bertz CT molecular complexity index is 508. The number of nitrogens with one attached hydrogen (secondary N) is 1. The van der Waals surface area contributed by atoms with Crippen LogP contribution in [0.3, 0.4) is 0 Å². The highest BCUT2D eigenvalue weighted by Crippen LogP contribution is 2.17. The zero-order valence-corrected chi connectivity index (χ0v) is 11.1. The van der Waals surface area contributed by atoms with Gasteiger partial charge in [-0.3, -0.25) is 4.79 Å². The molecule has 1 aliphatic carbocycles. The van der Waals surface area contributed by atoms with E-state index < -0.39 is 0 Å². The van der Waals surface area contributed by atoms with Gasteiger partial charge in [0.15, 0.2) is 0 Å². The van der Waals surface area contributed by atoms with Crippen molar-refractivity contribution in [3.05, 3.63) is 53.9 Å². The largest absolute Gasteiger partial charge is 0.396 e. The van der Waals surface area contributed by atoms with Crippen LogP contribution in [0.15, 0.2) is 42.5 Å². The van der Waals surface area contributed by atoms with Crippen molar-refractivity contribution < 1.29 is 14.3 Å². The van der Waals surface area contributed by atoms with Crippen molar-refractivity contribution in [3.63, 3.8) is 0 Å². The van der Waals surface area contributed by atoms with Crippen LogP contribution in [0, 0.1) is 11.7 Å². The molecule has 2 rings (SSSR count). The first-order chi connectivity index (χ1) is 9.67. The van der Waals surface area contributed by atoms with Crippen LogP contribution in [0.2, 0.25) is 0 Å². The Balaban J connectivity index is 1.75. The van der Waals surface area contributed by atoms with Crippen molar-refractivity contribution >= 4 is 12.0 Å². The lowest BCUT2D eigenvalue weighted by Crippen LogP contribution is -2.32. The van der Waals surface area contributed by atoms with Crippen molar-refractivity contribution in [1.29, 1.82) is 0 Å². The van der Waals surface area contributed by atoms with E-state index in [1.807, 2.05) is 12.2 Å². The Morgan fingerprint density at radius 2 is 2.10 bits per heavy atom. The van der Waals surface area contributed by atoms with Crippen LogP contribution in [0.5, 0.6) is 0 Å². The standard InChI is InChI=1S/C16H18FNO2/c17-14-7-4-12(5-8-14)2-1-3-16(20)18-15-9-6-13(10-15)11-19/h1-2,4-9,13,15,19H,3,10-11H2,(H,18,20)/b2-1+/t13-,15+/m0/s1. The van der Waals surface area contributed by atoms with Gasteiger partial charge >= 0.3 is 0 Å². The Hall–Kier alpha value is -1.94. The number of benzene rings is 1. The molecule has 2 N–H and O–H groups in total. The molecule has 0 saturated carbocycles. The molecule has 1 aromatic rings. The SMILES string of the molecule is O=C(C/C=C/c1ccc(F)cc1)N[C@@H]1C=C[C@H](CO)C1. The van der Waals surface area contributed by atoms with Crippen molar-refractivity contribution in [2.45, 2.75) is 18.9 Å². The van der Waals surface area contributed by atoms with Gasteiger partial charge in [-0.05, 0) is 24.1 Å². The molecule has 0 unspecified atom stereocenters. The molecule has 0 saturated heterocycles. The maximum absolute atomic E-state index is 12.7. The molecule has 0 aliphatic heterocycles. The number of rotatable bonds is 5. The molecule has 0 aromatic heterocycles. The third-order valence-corrected chi connectivity index (χ3v) is 3.24. The maximum Gasteiger partial charge on any atom is 0.224 e. The highest BCUT2D eigenvalue weighted by molar-refractivity contribution is 5.79. The summed E-state index contributed by atoms with van der Waals surface area (Å²) in [6, 6.07) is 6.11. The zero-order chi connectivity index (χ0) is 14.4. The highest BCUT2D eigenvalue weighted by atomic mass is 19.1. The van der Waals surface area contributed by atoms with E-state index in [1.165, 1.54) is 12.1 Å². The molecule has 0 heterocycles. The minimum Gasteiger partial charge on any atom is -0.396 e. The average molecular weight is 275 g/mol. The number of hydrogen-bond donors (Lipinski definition) is 2. The third-order valence-electron chi connectivity index (χ3n) is 3.24. The summed E-state index contributed by atoms with van der Waals surface area (Å²) < 4.78 is 12.7. The smallest absolute Gasteiger partial charge is 0.224 e. The van der Waals surface area contributed by atoms with Gasteiger partial charge < -0.3 is 10.4 Å². The summed E-state index contributed by atoms with van der Waals surface area (Å²) in [6.07, 6.45) is 8.43. The molecule has 0 bridgehead atoms. The first kappa shape index (κ1) is 14.5. The van der Waals surface area contributed by atoms with E-state index in [1.54, 1.807) is 24.3 Å². The summed E-state index contributed by atoms with van der Waals surface area (Å²) in [5, 5.41) is 11.9. The van der Waals surface area contributed by atoms with Gasteiger partial charge in [0, 0.05) is 25.0 Å². The summed E-state index contributed by atoms with van der Waals surface area (Å²) in [5.74, 6) is -0.182. The second-order valence-electron chi connectivity index (χ2n) is 4.90. The molecule has 1 aliphatic rings. The van der Waals surface area contributed by atoms with Gasteiger partial charge in [-0.25, -0.2) is 4.39 Å². The van der Waals surface area contributed by atoms with E-state index in [-0.39, 0.29) is 36.7 Å². The van der Waals surface area contributed by atoms with Crippen LogP contribution in [-0.2, 0) is 4.79 Å². The lowest BCUT2D eigenvalue weighted by Gasteiger charge is -2.11. The lowest BCUT2D eigenvalue weighted by atomic mass is 10.1. The molecule has 0 spiro atoms. The van der Waals surface area contributed by atoms with Gasteiger partial charge in [0.25, 0.3) is 0 Å². The van der Waals surface area contributed by atoms with Gasteiger partial charge in [0.1, 0.15) is 5.82 Å². The number of aliphatic hydroxyl groups excluding tert-OH is 1. The monoisotopic (exact) mass is 275 g/mol. The van der Waals surface area contributed by atoms with Gasteiger partial charge in [-0.15, -0.1) is 0 Å². The number of aliphatic hydroxyl groups is 1. The second-order valence-corrected chi connectivity index (χ2v) is 4.90. The summed E-state index contributed by atoms with van der Waals surface area (Å²) in [5.41, 5.74) is 0.861. The van der Waals surface area contributed by atoms with Gasteiger partial charge in [-0.1, -0.05) is 36.4 Å². The van der Waals surface area contributed by atoms with Crippen LogP contribution in [0.4, 0.5) is 4.39 Å². The highest BCUT2D eigenvalue weighted by Gasteiger charge is 2.18. The van der Waals surface area contributed by atoms with E-state index in [2.05, 4.69) is 5.32 Å². The quantitative estimate of drug-likeness (QED) is 0.810. The summed E-state index contributed by atoms with van der Waals surface area (Å²) in [4.78, 5) is 11.7. The minimum atomic E-state index is -0.272. The summed E-state index contributed by atoms with van der Waals surface area (Å²) in [7, 11) is 0. The molecule has 106 valence electrons. The van der Waals surface area contributed by atoms with Crippen LogP contribution in [0.25, 0.3) is 6.08 Å². The summed E-state index contributed by atoms with van der Waals surface area (Å²) in [6.45, 7) is 0.118. The Morgan fingerprint density at radius 1 is 1.35 bits per heavy atom. The number of halogens is 1. The average Bonchev–Trinajstić information content (AvgIpc) is 2.88. The fraction of sp³-hybridized carbons (Fsp3) is 0.312. The summed E-state index contributed by atoms with van der Waals surface area (Å²) >= 11 is 0. The van der Waals surface area contributed by atoms with Crippen molar-refractivity contribution in [1.82, 2.24) is 5.32 Å². The predicted octanol–water partition coefficient (Wildman–Crippen LogP) is 2.28. The molecule has 0 radical (unpaired) electrons. The third kappa shape index (κ3) is 4.31. The van der Waals surface area contributed by atoms with Gasteiger partial charge in [0.2, 0.25) is 5.91 Å². The number of carbonyl (C=O) groups excluding carboxylic acids is 1. The van der Waals surface area contributed by atoms with Crippen LogP contribution < -0.4 is 5.32 Å². The second kappa shape index (κ2) is 7.01. The normalized spacial score (nSPS) is 21.5. The Labute approximate surface area is 117 Å². The van der Waals surface area contributed by atoms with Crippen molar-refractivity contribution in [3.8, 4) is 0 Å². The maximum atomic E-state index is 12.7. The zero-order valence-electron chi connectivity index (χ0n) is 11.1. The van der Waals surface area contributed by atoms with E-state index in [4.69, 9.17) is 5.11 Å². The first-order valence-electron chi connectivity index (χ1n) is 6.68. The topological polar surface area (TPSA) is 49.3 Å². The van der Waals surface area contributed by atoms with Crippen molar-refractivity contribution in [2.24, 2.45) is 5.92 Å². The van der Waals surface area contributed by atoms with Crippen LogP contribution in [-0.4, -0.2) is 23.7 Å². The fourth-order valence-electron chi connectivity index (χ4n) is 2.16. The number of carbonyl (C=O) groups is 1. The molecular weight excluding hydrogens is 257 g/mol. The molecule has 2 atom stereocenters. The Kier molecular flexibility index (Phi) is 5.07.